The van der Waals surface area contributed by atoms with Gasteiger partial charge in [0.2, 0.25) is 0 Å². The van der Waals surface area contributed by atoms with Gasteiger partial charge in [0.15, 0.2) is 0 Å². The molecular weight excluding hydrogens is 390 g/mol. The molecule has 1 unspecified atom stereocenters. The van der Waals surface area contributed by atoms with Crippen LogP contribution in [0.2, 0.25) is 5.02 Å². The highest BCUT2D eigenvalue weighted by Gasteiger charge is 2.28. The Morgan fingerprint density at radius 1 is 1.21 bits per heavy atom. The predicted molar refractivity (Wildman–Crippen MR) is 116 cm³/mol. The highest BCUT2D eigenvalue weighted by Crippen LogP contribution is 2.32. The third-order valence-corrected chi connectivity index (χ3v) is 7.37. The van der Waals surface area contributed by atoms with E-state index in [0.717, 1.165) is 42.5 Å². The van der Waals surface area contributed by atoms with Crippen molar-refractivity contribution in [2.24, 2.45) is 11.8 Å². The third-order valence-electron chi connectivity index (χ3n) is 6.02. The van der Waals surface area contributed by atoms with Gasteiger partial charge in [0, 0.05) is 25.2 Å². The molecule has 0 radical (unpaired) electrons. The molecule has 2 aliphatic heterocycles. The molecule has 4 rings (SSSR count). The maximum Gasteiger partial charge on any atom is 0.265 e. The van der Waals surface area contributed by atoms with E-state index in [1.807, 2.05) is 29.2 Å². The van der Waals surface area contributed by atoms with Gasteiger partial charge >= 0.3 is 0 Å². The van der Waals surface area contributed by atoms with E-state index in [0.29, 0.717) is 15.8 Å². The first-order valence-corrected chi connectivity index (χ1v) is 11.5. The smallest absolute Gasteiger partial charge is 0.265 e. The van der Waals surface area contributed by atoms with Crippen LogP contribution in [0.1, 0.15) is 42.3 Å². The molecule has 4 nitrogen and oxygen atoms in total. The number of hydrogen-bond acceptors (Lipinski definition) is 4. The number of thiazole rings is 1. The van der Waals surface area contributed by atoms with Crippen molar-refractivity contribution >= 4 is 28.8 Å². The van der Waals surface area contributed by atoms with Crippen molar-refractivity contribution in [2.75, 3.05) is 32.7 Å². The van der Waals surface area contributed by atoms with Gasteiger partial charge in [-0.3, -0.25) is 4.79 Å². The molecule has 1 aromatic heterocycles. The summed E-state index contributed by atoms with van der Waals surface area (Å²) in [6, 6.07) is 7.66. The van der Waals surface area contributed by atoms with Crippen LogP contribution < -0.4 is 0 Å². The van der Waals surface area contributed by atoms with Crippen LogP contribution in [0.25, 0.3) is 10.6 Å². The topological polar surface area (TPSA) is 36.4 Å². The first-order valence-electron chi connectivity index (χ1n) is 10.3. The number of carbonyl (C=O) groups excluding carboxylic acids is 1. The Hall–Kier alpha value is -1.43. The summed E-state index contributed by atoms with van der Waals surface area (Å²) in [5, 5.41) is 1.48. The van der Waals surface area contributed by atoms with Crippen molar-refractivity contribution in [1.29, 1.82) is 0 Å². The first kappa shape index (κ1) is 19.9. The van der Waals surface area contributed by atoms with Crippen molar-refractivity contribution in [1.82, 2.24) is 14.8 Å². The first-order chi connectivity index (χ1) is 13.6. The number of benzene rings is 1. The van der Waals surface area contributed by atoms with E-state index < -0.39 is 0 Å². The van der Waals surface area contributed by atoms with E-state index in [1.165, 1.54) is 43.7 Å². The molecule has 0 aliphatic carbocycles. The Morgan fingerprint density at radius 2 is 2.00 bits per heavy atom. The molecular formula is C22H28ClN3OS. The van der Waals surface area contributed by atoms with Crippen molar-refractivity contribution in [3.8, 4) is 10.6 Å². The highest BCUT2D eigenvalue weighted by molar-refractivity contribution is 7.17. The summed E-state index contributed by atoms with van der Waals surface area (Å²) in [4.78, 5) is 22.9. The second kappa shape index (κ2) is 8.93. The molecule has 1 aromatic carbocycles. The Labute approximate surface area is 176 Å². The molecule has 0 saturated carbocycles. The lowest BCUT2D eigenvalue weighted by Gasteiger charge is -2.37. The van der Waals surface area contributed by atoms with Crippen LogP contribution in [-0.4, -0.2) is 53.4 Å². The zero-order valence-corrected chi connectivity index (χ0v) is 18.0. The van der Waals surface area contributed by atoms with Crippen molar-refractivity contribution in [3.05, 3.63) is 40.4 Å². The number of piperidine rings is 2. The molecule has 0 bridgehead atoms. The second-order valence-electron chi connectivity index (χ2n) is 8.25. The van der Waals surface area contributed by atoms with Gasteiger partial charge in [0.25, 0.3) is 5.91 Å². The van der Waals surface area contributed by atoms with E-state index in [1.54, 1.807) is 6.20 Å². The summed E-state index contributed by atoms with van der Waals surface area (Å²) in [5.74, 6) is 1.56. The van der Waals surface area contributed by atoms with Gasteiger partial charge < -0.3 is 9.80 Å². The normalized spacial score (nSPS) is 21.8. The monoisotopic (exact) mass is 417 g/mol. The molecule has 2 saturated heterocycles. The summed E-state index contributed by atoms with van der Waals surface area (Å²) in [6.45, 7) is 7.62. The fourth-order valence-corrected chi connectivity index (χ4v) is 5.50. The molecule has 0 spiro atoms. The molecule has 150 valence electrons. The van der Waals surface area contributed by atoms with E-state index >= 15 is 0 Å². The number of halogens is 1. The quantitative estimate of drug-likeness (QED) is 0.698. The Morgan fingerprint density at radius 3 is 2.79 bits per heavy atom. The maximum absolute atomic E-state index is 13.1. The summed E-state index contributed by atoms with van der Waals surface area (Å²) in [6.07, 6.45) is 6.64. The van der Waals surface area contributed by atoms with Gasteiger partial charge in [-0.05, 0) is 56.7 Å². The van der Waals surface area contributed by atoms with Crippen LogP contribution in [0, 0.1) is 11.8 Å². The maximum atomic E-state index is 13.1. The SMILES string of the molecule is CC1CCN(CC2CCCN(C(=O)c3cnc(-c4ccccc4Cl)s3)C2)CC1. The largest absolute Gasteiger partial charge is 0.338 e. The lowest BCUT2D eigenvalue weighted by atomic mass is 9.94. The minimum atomic E-state index is 0.118. The van der Waals surface area contributed by atoms with Crippen molar-refractivity contribution in [2.45, 2.75) is 32.6 Å². The summed E-state index contributed by atoms with van der Waals surface area (Å²) < 4.78 is 0. The molecule has 1 atom stereocenters. The third kappa shape index (κ3) is 4.58. The average Bonchev–Trinajstić information content (AvgIpc) is 3.20. The Bertz CT molecular complexity index is 816. The van der Waals surface area contributed by atoms with Gasteiger partial charge in [-0.15, -0.1) is 11.3 Å². The van der Waals surface area contributed by atoms with Crippen LogP contribution in [0.3, 0.4) is 0 Å². The van der Waals surface area contributed by atoms with E-state index in [9.17, 15) is 4.79 Å². The molecule has 0 N–H and O–H groups in total. The fourth-order valence-electron chi connectivity index (χ4n) is 4.30. The number of likely N-dealkylation sites (tertiary alicyclic amines) is 2. The summed E-state index contributed by atoms with van der Waals surface area (Å²) in [5.41, 5.74) is 0.893. The number of amides is 1. The molecule has 28 heavy (non-hydrogen) atoms. The molecule has 1 amide bonds. The molecule has 2 fully saturated rings. The second-order valence-corrected chi connectivity index (χ2v) is 9.69. The predicted octanol–water partition coefficient (Wildman–Crippen LogP) is 5.05. The Balaban J connectivity index is 1.39. The number of nitrogens with zero attached hydrogens (tertiary/aromatic N) is 3. The van der Waals surface area contributed by atoms with Crippen LogP contribution in [-0.2, 0) is 0 Å². The van der Waals surface area contributed by atoms with E-state index in [2.05, 4.69) is 16.8 Å². The van der Waals surface area contributed by atoms with Gasteiger partial charge in [-0.25, -0.2) is 4.98 Å². The van der Waals surface area contributed by atoms with Crippen molar-refractivity contribution < 1.29 is 4.79 Å². The van der Waals surface area contributed by atoms with Gasteiger partial charge in [0.1, 0.15) is 9.88 Å². The lowest BCUT2D eigenvalue weighted by Crippen LogP contribution is -2.45. The van der Waals surface area contributed by atoms with Crippen molar-refractivity contribution in [3.63, 3.8) is 0 Å². The molecule has 2 aromatic rings. The number of rotatable bonds is 4. The van der Waals surface area contributed by atoms with E-state index in [4.69, 9.17) is 11.6 Å². The lowest BCUT2D eigenvalue weighted by molar-refractivity contribution is 0.0626. The number of hydrogen-bond donors (Lipinski definition) is 0. The minimum Gasteiger partial charge on any atom is -0.338 e. The standard InChI is InChI=1S/C22H28ClN3OS/c1-16-8-11-25(12-9-16)14-17-5-4-10-26(15-17)22(27)20-13-24-21(28-20)18-6-2-3-7-19(18)23/h2-3,6-7,13,16-17H,4-5,8-12,14-15H2,1H3. The summed E-state index contributed by atoms with van der Waals surface area (Å²) >= 11 is 7.73. The van der Waals surface area contributed by atoms with Gasteiger partial charge in [-0.1, -0.05) is 36.7 Å². The molecule has 2 aliphatic rings. The number of aromatic nitrogens is 1. The minimum absolute atomic E-state index is 0.118. The van der Waals surface area contributed by atoms with Crippen LogP contribution in [0.4, 0.5) is 0 Å². The molecule has 3 heterocycles. The van der Waals surface area contributed by atoms with Crippen LogP contribution in [0.5, 0.6) is 0 Å². The summed E-state index contributed by atoms with van der Waals surface area (Å²) in [7, 11) is 0. The van der Waals surface area contributed by atoms with Crippen LogP contribution in [0.15, 0.2) is 30.5 Å². The Kier molecular flexibility index (Phi) is 6.34. The van der Waals surface area contributed by atoms with E-state index in [-0.39, 0.29) is 5.91 Å². The fraction of sp³-hybridized carbons (Fsp3) is 0.545. The zero-order valence-electron chi connectivity index (χ0n) is 16.4. The molecule has 6 heteroatoms. The van der Waals surface area contributed by atoms with Gasteiger partial charge in [-0.2, -0.15) is 0 Å². The average molecular weight is 418 g/mol. The van der Waals surface area contributed by atoms with Gasteiger partial charge in [0.05, 0.1) is 11.2 Å². The number of carbonyl (C=O) groups is 1. The zero-order chi connectivity index (χ0) is 19.5. The highest BCUT2D eigenvalue weighted by atomic mass is 35.5. The van der Waals surface area contributed by atoms with Crippen LogP contribution >= 0.6 is 22.9 Å².